The van der Waals surface area contributed by atoms with Crippen LogP contribution in [0.15, 0.2) is 127 Å². The Morgan fingerprint density at radius 2 is 0.963 bits per heavy atom. The number of benzene rings is 5. The Morgan fingerprint density at radius 1 is 0.519 bits per heavy atom. The molecule has 0 saturated heterocycles. The zero-order chi connectivity index (χ0) is 36.7. The van der Waals surface area contributed by atoms with Crippen LogP contribution in [0.1, 0.15) is 29.2 Å². The normalized spacial score (nSPS) is 15.2. The van der Waals surface area contributed by atoms with Crippen LogP contribution < -0.4 is 26.7 Å². The minimum Gasteiger partial charge on any atom is -0.234 e. The van der Waals surface area contributed by atoms with Crippen molar-refractivity contribution < 1.29 is 17.1 Å². The van der Waals surface area contributed by atoms with Gasteiger partial charge in [-0.05, 0) is 114 Å². The number of rotatable bonds is 9. The molecule has 0 bridgehead atoms. The number of aromatic nitrogens is 3. The van der Waals surface area contributed by atoms with Gasteiger partial charge in [0.1, 0.15) is 11.7 Å². The van der Waals surface area contributed by atoms with E-state index in [0.717, 1.165) is 22.7 Å². The van der Waals surface area contributed by atoms with Gasteiger partial charge in [-0.1, -0.05) is 162 Å². The van der Waals surface area contributed by atoms with Gasteiger partial charge < -0.3 is 0 Å². The monoisotopic (exact) mass is 781 g/mol. The molecular weight excluding hydrogens is 736 g/mol. The number of hydrogen-bond acceptors (Lipinski definition) is 2. The second-order valence-electron chi connectivity index (χ2n) is 13.6. The van der Waals surface area contributed by atoms with Gasteiger partial charge in [-0.25, -0.2) is 4.68 Å². The molecule has 3 nitrogen and oxygen atoms in total. The van der Waals surface area contributed by atoms with E-state index in [2.05, 4.69) is 186 Å². The van der Waals surface area contributed by atoms with Gasteiger partial charge in [-0.15, -0.1) is 5.10 Å². The molecular formula is C48H45FeN3P2+2. The number of hydrogen-bond donors (Lipinski definition) is 0. The molecule has 8 rings (SSSR count). The predicted octanol–water partition coefficient (Wildman–Crippen LogP) is 9.06. The van der Waals surface area contributed by atoms with Crippen molar-refractivity contribution in [3.63, 3.8) is 0 Å². The van der Waals surface area contributed by atoms with Crippen molar-refractivity contribution in [1.82, 2.24) is 15.0 Å². The first-order valence-electron chi connectivity index (χ1n) is 18.2. The SMILES string of the molecule is Cc1cc(C)cc(P(c2cc(C)cc(C)c2)c2c(-c3ccccc3)nnn2[C]2[CH][CH][CH][C]2[C@@H](C)P(c2ccccc2)c2ccccc2)c1.[CH]1[CH][CH][CH][CH]1.[Fe+2]. The minimum absolute atomic E-state index is 0. The molecule has 5 aromatic carbocycles. The molecule has 10 radical (unpaired) electrons. The summed E-state index contributed by atoms with van der Waals surface area (Å²) in [6.45, 7) is 11.2. The maximum absolute atomic E-state index is 5.03. The van der Waals surface area contributed by atoms with Gasteiger partial charge in [0, 0.05) is 19.4 Å². The molecule has 2 saturated carbocycles. The van der Waals surface area contributed by atoms with Gasteiger partial charge in [0.2, 0.25) is 0 Å². The van der Waals surface area contributed by atoms with Crippen LogP contribution >= 0.6 is 15.8 Å². The van der Waals surface area contributed by atoms with Crippen molar-refractivity contribution in [2.24, 2.45) is 0 Å². The van der Waals surface area contributed by atoms with Crippen molar-refractivity contribution in [2.45, 2.75) is 40.3 Å². The summed E-state index contributed by atoms with van der Waals surface area (Å²) in [5, 5.41) is 15.4. The standard InChI is InChI=1S/C43H40N3P2.C5H5.Fe/c1-30-24-31(2)27-38(26-30)48(39-28-32(3)25-33(4)29-39)43-42(35-16-9-6-10-17-35)44-45-46(43)41-23-15-22-40(41)34(5)47(36-18-11-7-12-19-36)37-20-13-8-14-21-37;1-2-4-5-3-1;/h6-29,34H,1-5H3;1-5H;/q;;+2/t34-;;/m1../s1. The van der Waals surface area contributed by atoms with Crippen molar-refractivity contribution in [3.8, 4) is 11.3 Å². The molecule has 54 heavy (non-hydrogen) atoms. The Balaban J connectivity index is 0.000000767. The largest absolute Gasteiger partial charge is 2.00 e. The summed E-state index contributed by atoms with van der Waals surface area (Å²) in [5.74, 6) is 1.29. The van der Waals surface area contributed by atoms with Gasteiger partial charge in [0.05, 0.1) is 5.44 Å². The first-order chi connectivity index (χ1) is 25.9. The first-order valence-corrected chi connectivity index (χ1v) is 20.9. The molecule has 0 aliphatic heterocycles. The van der Waals surface area contributed by atoms with Crippen LogP contribution in [0.25, 0.3) is 11.3 Å². The molecule has 1 atom stereocenters. The molecule has 1 heterocycles. The number of aryl methyl sites for hydroxylation is 4. The third-order valence-corrected chi connectivity index (χ3v) is 14.5. The average molecular weight is 782 g/mol. The maximum Gasteiger partial charge on any atom is 2.00 e. The molecule has 0 N–H and O–H groups in total. The van der Waals surface area contributed by atoms with Crippen LogP contribution in [0, 0.1) is 91.0 Å². The summed E-state index contributed by atoms with van der Waals surface area (Å²) in [5.41, 5.74) is 8.46. The second kappa shape index (κ2) is 19.0. The predicted molar refractivity (Wildman–Crippen MR) is 228 cm³/mol. The summed E-state index contributed by atoms with van der Waals surface area (Å²) in [6.07, 6.45) is 16.7. The molecule has 2 aliphatic carbocycles. The van der Waals surface area contributed by atoms with Gasteiger partial charge in [0.15, 0.2) is 0 Å². The van der Waals surface area contributed by atoms with Gasteiger partial charge >= 0.3 is 17.1 Å². The van der Waals surface area contributed by atoms with Crippen molar-refractivity contribution >= 4 is 42.5 Å². The molecule has 6 aromatic rings. The minimum atomic E-state index is -1.04. The summed E-state index contributed by atoms with van der Waals surface area (Å²) >= 11 is 0. The Hall–Kier alpha value is -3.38. The van der Waals surface area contributed by atoms with Crippen molar-refractivity contribution in [3.05, 3.63) is 213 Å². The van der Waals surface area contributed by atoms with E-state index in [0.29, 0.717) is 0 Å². The van der Waals surface area contributed by atoms with Crippen LogP contribution in [-0.4, -0.2) is 20.7 Å². The van der Waals surface area contributed by atoms with E-state index in [1.54, 1.807) is 0 Å². The quantitative estimate of drug-likeness (QED) is 0.108. The van der Waals surface area contributed by atoms with E-state index in [-0.39, 0.29) is 22.7 Å². The summed E-state index contributed by atoms with van der Waals surface area (Å²) in [6, 6.07) is 47.6. The van der Waals surface area contributed by atoms with Crippen LogP contribution in [0.2, 0.25) is 0 Å². The van der Waals surface area contributed by atoms with E-state index in [4.69, 9.17) is 10.3 Å². The maximum atomic E-state index is 5.03. The van der Waals surface area contributed by atoms with E-state index in [1.165, 1.54) is 49.4 Å². The fourth-order valence-electron chi connectivity index (χ4n) is 7.18. The van der Waals surface area contributed by atoms with Gasteiger partial charge in [0.25, 0.3) is 0 Å². The molecule has 6 heteroatoms. The zero-order valence-corrected chi connectivity index (χ0v) is 34.3. The second-order valence-corrected chi connectivity index (χ2v) is 18.3. The van der Waals surface area contributed by atoms with Crippen LogP contribution in [0.3, 0.4) is 0 Å². The van der Waals surface area contributed by atoms with E-state index in [1.807, 2.05) is 32.1 Å². The summed E-state index contributed by atoms with van der Waals surface area (Å²) < 4.78 is 2.18. The van der Waals surface area contributed by atoms with Crippen LogP contribution in [0.5, 0.6) is 0 Å². The first kappa shape index (κ1) is 40.3. The van der Waals surface area contributed by atoms with Crippen molar-refractivity contribution in [1.29, 1.82) is 0 Å². The third kappa shape index (κ3) is 9.34. The fraction of sp³-hybridized carbons (Fsp3) is 0.125. The average Bonchev–Trinajstić information content (AvgIpc) is 3.97. The fourth-order valence-corrected chi connectivity index (χ4v) is 12.7. The van der Waals surface area contributed by atoms with E-state index >= 15 is 0 Å². The molecule has 2 aliphatic rings. The Kier molecular flexibility index (Phi) is 14.2. The Morgan fingerprint density at radius 3 is 1.43 bits per heavy atom. The third-order valence-electron chi connectivity index (χ3n) is 9.35. The topological polar surface area (TPSA) is 30.7 Å². The molecule has 0 unspecified atom stereocenters. The van der Waals surface area contributed by atoms with Gasteiger partial charge in [-0.2, -0.15) is 0 Å². The summed E-state index contributed by atoms with van der Waals surface area (Å²) in [4.78, 5) is 0. The molecule has 2 fully saturated rings. The molecule has 1 aromatic heterocycles. The van der Waals surface area contributed by atoms with E-state index in [9.17, 15) is 0 Å². The Bertz CT molecular complexity index is 1940. The summed E-state index contributed by atoms with van der Waals surface area (Å²) in [7, 11) is -1.73. The molecule has 0 amide bonds. The van der Waals surface area contributed by atoms with Gasteiger partial charge in [-0.3, -0.25) is 0 Å². The Labute approximate surface area is 337 Å². The van der Waals surface area contributed by atoms with E-state index < -0.39 is 15.8 Å². The van der Waals surface area contributed by atoms with Crippen LogP contribution in [-0.2, 0) is 17.1 Å². The van der Waals surface area contributed by atoms with Crippen molar-refractivity contribution in [2.75, 3.05) is 0 Å². The number of nitrogens with zero attached hydrogens (tertiary/aromatic N) is 3. The molecule has 268 valence electrons. The van der Waals surface area contributed by atoms with Crippen LogP contribution in [0.4, 0.5) is 0 Å². The zero-order valence-electron chi connectivity index (χ0n) is 31.4. The molecule has 0 spiro atoms. The smallest absolute Gasteiger partial charge is 0.234 e.